The molecule has 0 aliphatic heterocycles. The van der Waals surface area contributed by atoms with Crippen LogP contribution < -0.4 is 4.90 Å². The van der Waals surface area contributed by atoms with E-state index >= 15 is 0 Å². The van der Waals surface area contributed by atoms with Gasteiger partial charge in [0.2, 0.25) is 0 Å². The minimum absolute atomic E-state index is 0.707. The number of rotatable bonds is 3. The average molecular weight is 222 g/mol. The molecule has 0 amide bonds. The van der Waals surface area contributed by atoms with Crippen LogP contribution in [0.2, 0.25) is 0 Å². The maximum atomic E-state index is 5.48. The number of aromatic nitrogens is 1. The molecule has 2 rings (SSSR count). The standard InChI is InChI=1S/C11H14N2OS/c1-8-12-10-4-3-9(7-11(10)14-8)13(2)5-6-15/h3-4,7,15H,5-6H2,1-2H3. The van der Waals surface area contributed by atoms with Gasteiger partial charge in [0.05, 0.1) is 0 Å². The molecule has 2 aromatic rings. The third-order valence-electron chi connectivity index (χ3n) is 2.36. The summed E-state index contributed by atoms with van der Waals surface area (Å²) in [5, 5.41) is 0. The fourth-order valence-electron chi connectivity index (χ4n) is 1.55. The summed E-state index contributed by atoms with van der Waals surface area (Å²) in [6.45, 7) is 2.78. The molecule has 3 nitrogen and oxygen atoms in total. The number of oxazole rings is 1. The Morgan fingerprint density at radius 1 is 1.47 bits per heavy atom. The highest BCUT2D eigenvalue weighted by molar-refractivity contribution is 7.80. The number of nitrogens with zero attached hydrogens (tertiary/aromatic N) is 2. The van der Waals surface area contributed by atoms with E-state index in [4.69, 9.17) is 4.42 Å². The predicted octanol–water partition coefficient (Wildman–Crippen LogP) is 2.50. The van der Waals surface area contributed by atoms with Crippen LogP contribution in [-0.4, -0.2) is 24.3 Å². The predicted molar refractivity (Wildman–Crippen MR) is 65.9 cm³/mol. The van der Waals surface area contributed by atoms with Gasteiger partial charge in [0.25, 0.3) is 0 Å². The lowest BCUT2D eigenvalue weighted by Gasteiger charge is -2.17. The van der Waals surface area contributed by atoms with Crippen LogP contribution in [-0.2, 0) is 0 Å². The van der Waals surface area contributed by atoms with E-state index in [9.17, 15) is 0 Å². The molecule has 0 radical (unpaired) electrons. The highest BCUT2D eigenvalue weighted by atomic mass is 32.1. The van der Waals surface area contributed by atoms with Crippen molar-refractivity contribution in [2.75, 3.05) is 24.2 Å². The monoisotopic (exact) mass is 222 g/mol. The molecule has 0 saturated heterocycles. The number of hydrogen-bond donors (Lipinski definition) is 1. The second-order valence-corrected chi connectivity index (χ2v) is 3.98. The van der Waals surface area contributed by atoms with Crippen LogP contribution in [0.15, 0.2) is 22.6 Å². The number of hydrogen-bond acceptors (Lipinski definition) is 4. The van der Waals surface area contributed by atoms with Gasteiger partial charge in [-0.25, -0.2) is 4.98 Å². The largest absolute Gasteiger partial charge is 0.441 e. The average Bonchev–Trinajstić information content (AvgIpc) is 2.57. The lowest BCUT2D eigenvalue weighted by Crippen LogP contribution is -2.19. The van der Waals surface area contributed by atoms with Crippen LogP contribution in [0.4, 0.5) is 5.69 Å². The Hall–Kier alpha value is -1.16. The highest BCUT2D eigenvalue weighted by Gasteiger charge is 2.05. The second-order valence-electron chi connectivity index (χ2n) is 3.53. The third kappa shape index (κ3) is 2.09. The molecule has 0 aliphatic carbocycles. The molecular weight excluding hydrogens is 208 g/mol. The van der Waals surface area contributed by atoms with Gasteiger partial charge in [-0.1, -0.05) is 0 Å². The fraction of sp³-hybridized carbons (Fsp3) is 0.364. The van der Waals surface area contributed by atoms with E-state index in [2.05, 4.69) is 22.5 Å². The van der Waals surface area contributed by atoms with E-state index in [0.717, 1.165) is 29.1 Å². The summed E-state index contributed by atoms with van der Waals surface area (Å²) < 4.78 is 5.48. The first kappa shape index (κ1) is 10.4. The Balaban J connectivity index is 2.37. The maximum absolute atomic E-state index is 5.48. The summed E-state index contributed by atoms with van der Waals surface area (Å²) in [5.41, 5.74) is 2.89. The zero-order valence-corrected chi connectivity index (χ0v) is 9.79. The summed E-state index contributed by atoms with van der Waals surface area (Å²) >= 11 is 4.21. The van der Waals surface area contributed by atoms with Gasteiger partial charge in [-0.2, -0.15) is 12.6 Å². The van der Waals surface area contributed by atoms with E-state index in [1.165, 1.54) is 0 Å². The van der Waals surface area contributed by atoms with Gasteiger partial charge in [0.15, 0.2) is 11.5 Å². The first-order chi connectivity index (χ1) is 7.20. The second kappa shape index (κ2) is 4.14. The quantitative estimate of drug-likeness (QED) is 0.809. The Kier molecular flexibility index (Phi) is 2.86. The molecule has 0 unspecified atom stereocenters. The smallest absolute Gasteiger partial charge is 0.192 e. The lowest BCUT2D eigenvalue weighted by molar-refractivity contribution is 0.561. The van der Waals surface area contributed by atoms with E-state index in [0.29, 0.717) is 5.89 Å². The molecule has 0 fully saturated rings. The molecule has 1 heterocycles. The highest BCUT2D eigenvalue weighted by Crippen LogP contribution is 2.21. The molecule has 0 saturated carbocycles. The van der Waals surface area contributed by atoms with Gasteiger partial charge < -0.3 is 9.32 Å². The molecular formula is C11H14N2OS. The van der Waals surface area contributed by atoms with E-state index in [1.807, 2.05) is 32.2 Å². The van der Waals surface area contributed by atoms with Crippen LogP contribution >= 0.6 is 12.6 Å². The topological polar surface area (TPSA) is 29.3 Å². The Morgan fingerprint density at radius 3 is 3.00 bits per heavy atom. The van der Waals surface area contributed by atoms with Crippen molar-refractivity contribution in [1.29, 1.82) is 0 Å². The number of anilines is 1. The van der Waals surface area contributed by atoms with Crippen molar-refractivity contribution in [2.45, 2.75) is 6.92 Å². The van der Waals surface area contributed by atoms with Crippen molar-refractivity contribution < 1.29 is 4.42 Å². The zero-order chi connectivity index (χ0) is 10.8. The minimum Gasteiger partial charge on any atom is -0.441 e. The molecule has 0 N–H and O–H groups in total. The summed E-state index contributed by atoms with van der Waals surface area (Å²) in [6.07, 6.45) is 0. The van der Waals surface area contributed by atoms with Crippen molar-refractivity contribution in [2.24, 2.45) is 0 Å². The fourth-order valence-corrected chi connectivity index (χ4v) is 1.85. The Bertz CT molecular complexity index is 467. The van der Waals surface area contributed by atoms with Crippen molar-refractivity contribution in [1.82, 2.24) is 4.98 Å². The molecule has 0 bridgehead atoms. The van der Waals surface area contributed by atoms with Gasteiger partial charge in [-0.3, -0.25) is 0 Å². The maximum Gasteiger partial charge on any atom is 0.192 e. The Labute approximate surface area is 94.5 Å². The van der Waals surface area contributed by atoms with Crippen LogP contribution in [0.1, 0.15) is 5.89 Å². The normalized spacial score (nSPS) is 10.9. The van der Waals surface area contributed by atoms with Gasteiger partial charge in [-0.15, -0.1) is 0 Å². The molecule has 15 heavy (non-hydrogen) atoms. The van der Waals surface area contributed by atoms with Crippen molar-refractivity contribution >= 4 is 29.4 Å². The number of thiol groups is 1. The van der Waals surface area contributed by atoms with E-state index in [1.54, 1.807) is 0 Å². The van der Waals surface area contributed by atoms with Crippen molar-refractivity contribution in [3.8, 4) is 0 Å². The van der Waals surface area contributed by atoms with Gasteiger partial charge in [0.1, 0.15) is 5.52 Å². The van der Waals surface area contributed by atoms with Gasteiger partial charge in [0, 0.05) is 38.0 Å². The molecule has 0 aliphatic rings. The first-order valence-electron chi connectivity index (χ1n) is 4.90. The summed E-state index contributed by atoms with van der Waals surface area (Å²) in [6, 6.07) is 6.04. The first-order valence-corrected chi connectivity index (χ1v) is 5.53. The summed E-state index contributed by atoms with van der Waals surface area (Å²) in [5.74, 6) is 1.54. The van der Waals surface area contributed by atoms with Crippen molar-refractivity contribution in [3.05, 3.63) is 24.1 Å². The lowest BCUT2D eigenvalue weighted by atomic mass is 10.2. The van der Waals surface area contributed by atoms with E-state index in [-0.39, 0.29) is 0 Å². The SMILES string of the molecule is Cc1nc2ccc(N(C)CCS)cc2o1. The van der Waals surface area contributed by atoms with Gasteiger partial charge >= 0.3 is 0 Å². The summed E-state index contributed by atoms with van der Waals surface area (Å²) in [7, 11) is 2.04. The molecule has 0 spiro atoms. The zero-order valence-electron chi connectivity index (χ0n) is 8.90. The van der Waals surface area contributed by atoms with Crippen LogP contribution in [0.25, 0.3) is 11.1 Å². The third-order valence-corrected chi connectivity index (χ3v) is 2.56. The molecule has 0 atom stereocenters. The van der Waals surface area contributed by atoms with Crippen molar-refractivity contribution in [3.63, 3.8) is 0 Å². The molecule has 1 aromatic heterocycles. The molecule has 1 aromatic carbocycles. The number of benzene rings is 1. The molecule has 80 valence electrons. The summed E-state index contributed by atoms with van der Waals surface area (Å²) in [4.78, 5) is 6.40. The Morgan fingerprint density at radius 2 is 2.27 bits per heavy atom. The van der Waals surface area contributed by atoms with Gasteiger partial charge in [-0.05, 0) is 12.1 Å². The van der Waals surface area contributed by atoms with Crippen LogP contribution in [0.5, 0.6) is 0 Å². The number of aryl methyl sites for hydroxylation is 1. The van der Waals surface area contributed by atoms with Crippen LogP contribution in [0, 0.1) is 6.92 Å². The minimum atomic E-state index is 0.707. The number of fused-ring (bicyclic) bond motifs is 1. The molecule has 4 heteroatoms. The van der Waals surface area contributed by atoms with E-state index < -0.39 is 0 Å². The van der Waals surface area contributed by atoms with Crippen LogP contribution in [0.3, 0.4) is 0 Å².